The average Bonchev–Trinajstić information content (AvgIpc) is 2.41. The van der Waals surface area contributed by atoms with E-state index in [1.807, 2.05) is 17.9 Å². The molecule has 0 amide bonds. The number of nitriles is 1. The van der Waals surface area contributed by atoms with Crippen molar-refractivity contribution in [2.24, 2.45) is 5.92 Å². The molecule has 0 aliphatic carbocycles. The number of aliphatic hydroxyl groups is 1. The molecular weight excluding hydrogens is 246 g/mol. The Hall–Kier alpha value is -2.13. The van der Waals surface area contributed by atoms with Crippen molar-refractivity contribution in [2.75, 3.05) is 18.0 Å². The molecule has 0 saturated carbocycles. The Labute approximate surface area is 111 Å². The topological polar surface area (TPSA) is 90.4 Å². The first-order chi connectivity index (χ1) is 9.02. The highest BCUT2D eigenvalue weighted by molar-refractivity contribution is 5.60. The quantitative estimate of drug-likeness (QED) is 0.646. The Kier molecular flexibility index (Phi) is 3.67. The van der Waals surface area contributed by atoms with Gasteiger partial charge in [-0.3, -0.25) is 10.1 Å². The van der Waals surface area contributed by atoms with Crippen LogP contribution >= 0.6 is 0 Å². The van der Waals surface area contributed by atoms with Gasteiger partial charge in [0.15, 0.2) is 0 Å². The summed E-state index contributed by atoms with van der Waals surface area (Å²) in [6.07, 6.45) is 0.453. The lowest BCUT2D eigenvalue weighted by atomic mass is 9.95. The van der Waals surface area contributed by atoms with Crippen LogP contribution in [0.5, 0.6) is 0 Å². The Bertz CT molecular complexity index is 538. The highest BCUT2D eigenvalue weighted by atomic mass is 16.6. The van der Waals surface area contributed by atoms with Gasteiger partial charge in [0.05, 0.1) is 11.0 Å². The Morgan fingerprint density at radius 3 is 2.89 bits per heavy atom. The normalized spacial score (nSPS) is 22.9. The highest BCUT2D eigenvalue weighted by Crippen LogP contribution is 2.27. The highest BCUT2D eigenvalue weighted by Gasteiger charge is 2.25. The summed E-state index contributed by atoms with van der Waals surface area (Å²) in [5.74, 6) is 0.254. The van der Waals surface area contributed by atoms with E-state index in [0.717, 1.165) is 18.7 Å². The number of benzene rings is 1. The molecule has 2 rings (SSSR count). The summed E-state index contributed by atoms with van der Waals surface area (Å²) >= 11 is 0. The van der Waals surface area contributed by atoms with Crippen molar-refractivity contribution in [1.29, 1.82) is 5.26 Å². The molecule has 100 valence electrons. The minimum atomic E-state index is -0.560. The van der Waals surface area contributed by atoms with Gasteiger partial charge in [-0.15, -0.1) is 0 Å². The molecule has 0 radical (unpaired) electrons. The van der Waals surface area contributed by atoms with Gasteiger partial charge in [-0.05, 0) is 24.5 Å². The van der Waals surface area contributed by atoms with Crippen molar-refractivity contribution in [3.63, 3.8) is 0 Å². The van der Waals surface area contributed by atoms with Gasteiger partial charge in [-0.1, -0.05) is 6.92 Å². The summed E-state index contributed by atoms with van der Waals surface area (Å²) < 4.78 is 0. The number of piperidine rings is 1. The minimum absolute atomic E-state index is 0.0515. The molecule has 19 heavy (non-hydrogen) atoms. The number of β-amino-alcohol motifs (C(OH)–C–C–N with tert-alkyl or cyclic N) is 1. The van der Waals surface area contributed by atoms with E-state index in [9.17, 15) is 15.2 Å². The fourth-order valence-electron chi connectivity index (χ4n) is 2.25. The third-order valence-corrected chi connectivity index (χ3v) is 3.58. The Morgan fingerprint density at radius 1 is 1.58 bits per heavy atom. The Balaban J connectivity index is 2.27. The molecule has 1 aliphatic heterocycles. The minimum Gasteiger partial charge on any atom is -0.391 e. The third kappa shape index (κ3) is 2.66. The summed E-state index contributed by atoms with van der Waals surface area (Å²) in [6, 6.07) is 6.33. The van der Waals surface area contributed by atoms with Crippen molar-refractivity contribution in [2.45, 2.75) is 19.4 Å². The van der Waals surface area contributed by atoms with Crippen LogP contribution in [0.25, 0.3) is 0 Å². The predicted molar refractivity (Wildman–Crippen MR) is 69.8 cm³/mol. The fraction of sp³-hybridized carbons (Fsp3) is 0.462. The fourth-order valence-corrected chi connectivity index (χ4v) is 2.25. The number of hydrogen-bond donors (Lipinski definition) is 1. The van der Waals surface area contributed by atoms with E-state index in [-0.39, 0.29) is 17.2 Å². The largest absolute Gasteiger partial charge is 0.391 e. The molecule has 1 fully saturated rings. The first-order valence-corrected chi connectivity index (χ1v) is 6.14. The van der Waals surface area contributed by atoms with Gasteiger partial charge in [-0.25, -0.2) is 0 Å². The maximum Gasteiger partial charge on any atom is 0.287 e. The monoisotopic (exact) mass is 261 g/mol. The summed E-state index contributed by atoms with van der Waals surface area (Å²) in [4.78, 5) is 12.2. The standard InChI is InChI=1S/C13H15N3O3/c1-9-4-5-15(8-13(9)17)11-2-3-12(16(18)19)10(6-11)7-14/h2-3,6,9,13,17H,4-5,8H2,1H3/t9-,13+/m0/s1. The second kappa shape index (κ2) is 5.24. The zero-order valence-corrected chi connectivity index (χ0v) is 10.6. The number of nitrogens with zero attached hydrogens (tertiary/aromatic N) is 3. The molecule has 2 atom stereocenters. The van der Waals surface area contributed by atoms with Crippen LogP contribution in [0.4, 0.5) is 11.4 Å². The van der Waals surface area contributed by atoms with Crippen LogP contribution in [0.3, 0.4) is 0 Å². The summed E-state index contributed by atoms with van der Waals surface area (Å²) in [5, 5.41) is 29.6. The number of nitro benzene ring substituents is 1. The number of rotatable bonds is 2. The smallest absolute Gasteiger partial charge is 0.287 e. The zero-order chi connectivity index (χ0) is 14.0. The SMILES string of the molecule is C[C@H]1CCN(c2ccc([N+](=O)[O-])c(C#N)c2)C[C@H]1O. The second-order valence-electron chi connectivity index (χ2n) is 4.85. The molecule has 0 spiro atoms. The lowest BCUT2D eigenvalue weighted by Crippen LogP contribution is -2.42. The van der Waals surface area contributed by atoms with Crippen LogP contribution in [-0.4, -0.2) is 29.2 Å². The van der Waals surface area contributed by atoms with Crippen LogP contribution in [0.15, 0.2) is 18.2 Å². The molecule has 1 saturated heterocycles. The lowest BCUT2D eigenvalue weighted by Gasteiger charge is -2.35. The number of nitro groups is 1. The van der Waals surface area contributed by atoms with E-state index in [4.69, 9.17) is 5.26 Å². The molecule has 1 N–H and O–H groups in total. The van der Waals surface area contributed by atoms with Crippen molar-refractivity contribution in [3.8, 4) is 6.07 Å². The first kappa shape index (κ1) is 13.3. The van der Waals surface area contributed by atoms with E-state index in [2.05, 4.69) is 0 Å². The average molecular weight is 261 g/mol. The van der Waals surface area contributed by atoms with Gasteiger partial charge in [0.25, 0.3) is 5.69 Å². The number of hydrogen-bond acceptors (Lipinski definition) is 5. The van der Waals surface area contributed by atoms with Crippen LogP contribution in [0.1, 0.15) is 18.9 Å². The van der Waals surface area contributed by atoms with Gasteiger partial charge < -0.3 is 10.0 Å². The zero-order valence-electron chi connectivity index (χ0n) is 10.6. The maximum absolute atomic E-state index is 10.8. The molecule has 1 aromatic carbocycles. The molecule has 1 heterocycles. The van der Waals surface area contributed by atoms with Gasteiger partial charge in [0.2, 0.25) is 0 Å². The van der Waals surface area contributed by atoms with Crippen LogP contribution in [-0.2, 0) is 0 Å². The van der Waals surface area contributed by atoms with Crippen molar-refractivity contribution in [3.05, 3.63) is 33.9 Å². The first-order valence-electron chi connectivity index (χ1n) is 6.14. The summed E-state index contributed by atoms with van der Waals surface area (Å²) in [5.41, 5.74) is 0.612. The molecule has 6 nitrogen and oxygen atoms in total. The van der Waals surface area contributed by atoms with E-state index in [1.165, 1.54) is 12.1 Å². The molecule has 6 heteroatoms. The molecule has 1 aromatic rings. The van der Waals surface area contributed by atoms with E-state index in [0.29, 0.717) is 6.54 Å². The van der Waals surface area contributed by atoms with E-state index < -0.39 is 11.0 Å². The lowest BCUT2D eigenvalue weighted by molar-refractivity contribution is -0.385. The van der Waals surface area contributed by atoms with Gasteiger partial charge >= 0.3 is 0 Å². The number of anilines is 1. The van der Waals surface area contributed by atoms with Gasteiger partial charge in [0, 0.05) is 24.8 Å². The van der Waals surface area contributed by atoms with E-state index in [1.54, 1.807) is 6.07 Å². The second-order valence-corrected chi connectivity index (χ2v) is 4.85. The summed E-state index contributed by atoms with van der Waals surface area (Å²) in [7, 11) is 0. The van der Waals surface area contributed by atoms with Gasteiger partial charge in [0.1, 0.15) is 11.6 Å². The van der Waals surface area contributed by atoms with Crippen LogP contribution in [0.2, 0.25) is 0 Å². The number of aliphatic hydroxyl groups excluding tert-OH is 1. The summed E-state index contributed by atoms with van der Waals surface area (Å²) in [6.45, 7) is 3.27. The van der Waals surface area contributed by atoms with Gasteiger partial charge in [-0.2, -0.15) is 5.26 Å². The molecule has 0 bridgehead atoms. The predicted octanol–water partition coefficient (Wildman–Crippen LogP) is 1.67. The molecule has 1 aliphatic rings. The van der Waals surface area contributed by atoms with Crippen molar-refractivity contribution < 1.29 is 10.0 Å². The molecule has 0 unspecified atom stereocenters. The maximum atomic E-state index is 10.8. The molecular formula is C13H15N3O3. The van der Waals surface area contributed by atoms with Crippen molar-refractivity contribution in [1.82, 2.24) is 0 Å². The van der Waals surface area contributed by atoms with E-state index >= 15 is 0 Å². The molecule has 0 aromatic heterocycles. The Morgan fingerprint density at radius 2 is 2.32 bits per heavy atom. The van der Waals surface area contributed by atoms with Crippen LogP contribution in [0, 0.1) is 27.4 Å². The van der Waals surface area contributed by atoms with Crippen LogP contribution < -0.4 is 4.90 Å². The van der Waals surface area contributed by atoms with Crippen molar-refractivity contribution >= 4 is 11.4 Å². The third-order valence-electron chi connectivity index (χ3n) is 3.58.